The minimum absolute atomic E-state index is 0.229. The first-order chi connectivity index (χ1) is 22.7. The monoisotopic (exact) mass is 629 g/mol. The highest BCUT2D eigenvalue weighted by Gasteiger charge is 2.29. The Morgan fingerprint density at radius 1 is 0.596 bits per heavy atom. The Hall–Kier alpha value is -5.56. The van der Waals surface area contributed by atoms with Crippen molar-refractivity contribution < 1.29 is 28.5 Å². The van der Waals surface area contributed by atoms with Crippen LogP contribution in [0.2, 0.25) is 0 Å². The fourth-order valence-corrected chi connectivity index (χ4v) is 4.76. The molecular formula is C40H39NO6. The fourth-order valence-electron chi connectivity index (χ4n) is 4.76. The third kappa shape index (κ3) is 9.71. The van der Waals surface area contributed by atoms with E-state index in [2.05, 4.69) is 5.32 Å². The van der Waals surface area contributed by atoms with E-state index in [9.17, 15) is 9.59 Å². The molecule has 0 aliphatic rings. The molecule has 1 atom stereocenters. The van der Waals surface area contributed by atoms with Crippen LogP contribution in [0.1, 0.15) is 59.4 Å². The normalized spacial score (nSPS) is 11.6. The molecule has 0 aromatic heterocycles. The van der Waals surface area contributed by atoms with Gasteiger partial charge in [-0.3, -0.25) is 4.79 Å². The van der Waals surface area contributed by atoms with Gasteiger partial charge in [0.1, 0.15) is 25.4 Å². The van der Waals surface area contributed by atoms with E-state index < -0.39 is 23.5 Å². The predicted molar refractivity (Wildman–Crippen MR) is 181 cm³/mol. The summed E-state index contributed by atoms with van der Waals surface area (Å²) in [6, 6.07) is 40.4. The van der Waals surface area contributed by atoms with Crippen LogP contribution in [0.3, 0.4) is 0 Å². The second-order valence-electron chi connectivity index (χ2n) is 12.0. The molecule has 5 aromatic rings. The molecule has 0 bridgehead atoms. The van der Waals surface area contributed by atoms with Crippen molar-refractivity contribution in [2.45, 2.75) is 52.2 Å². The summed E-state index contributed by atoms with van der Waals surface area (Å²) in [5, 5.41) is 2.89. The molecule has 0 radical (unpaired) electrons. The summed E-state index contributed by atoms with van der Waals surface area (Å²) in [7, 11) is 0. The number of nitrogens with one attached hydrogen (secondary N) is 1. The molecule has 0 fully saturated rings. The number of hydrogen-bond acceptors (Lipinski definition) is 6. The predicted octanol–water partition coefficient (Wildman–Crippen LogP) is 8.24. The van der Waals surface area contributed by atoms with E-state index in [1.54, 1.807) is 45.0 Å². The van der Waals surface area contributed by atoms with Crippen LogP contribution in [0, 0.1) is 0 Å². The highest BCUT2D eigenvalue weighted by molar-refractivity contribution is 5.98. The molecule has 240 valence electrons. The molecule has 0 unspecified atom stereocenters. The molecule has 1 N–H and O–H groups in total. The average Bonchev–Trinajstić information content (AvgIpc) is 3.08. The average molecular weight is 630 g/mol. The topological polar surface area (TPSA) is 83.1 Å². The first-order valence-corrected chi connectivity index (χ1v) is 15.5. The fraction of sp³-hybridized carbons (Fsp3) is 0.200. The van der Waals surface area contributed by atoms with Crippen molar-refractivity contribution in [2.75, 3.05) is 0 Å². The molecule has 0 aliphatic heterocycles. The smallest absolute Gasteiger partial charge is 0.333 e. The van der Waals surface area contributed by atoms with Crippen LogP contribution in [0.5, 0.6) is 17.2 Å². The highest BCUT2D eigenvalue weighted by atomic mass is 16.6. The summed E-state index contributed by atoms with van der Waals surface area (Å²) in [5.74, 6) is -0.0542. The maximum Gasteiger partial charge on any atom is 0.333 e. The quantitative estimate of drug-likeness (QED) is 0.132. The van der Waals surface area contributed by atoms with E-state index in [0.717, 1.165) is 16.7 Å². The second kappa shape index (κ2) is 15.6. The lowest BCUT2D eigenvalue weighted by Crippen LogP contribution is -2.38. The first kappa shape index (κ1) is 32.8. The van der Waals surface area contributed by atoms with E-state index in [4.69, 9.17) is 18.9 Å². The van der Waals surface area contributed by atoms with Gasteiger partial charge in [0.15, 0.2) is 17.5 Å². The van der Waals surface area contributed by atoms with Gasteiger partial charge in [-0.15, -0.1) is 0 Å². The summed E-state index contributed by atoms with van der Waals surface area (Å²) in [6.45, 7) is 6.08. The SMILES string of the molecule is CC(C)(C)OC(=O)[C@@H](NC(=O)c1cc(OCc2ccccc2)c(OCc2ccccc2)c(OCc2ccccc2)c1)c1ccccc1. The lowest BCUT2D eigenvalue weighted by molar-refractivity contribution is -0.157. The van der Waals surface area contributed by atoms with Crippen molar-refractivity contribution in [1.29, 1.82) is 0 Å². The van der Waals surface area contributed by atoms with Crippen molar-refractivity contribution in [3.8, 4) is 17.2 Å². The standard InChI is InChI=1S/C40H39NO6/c1-40(2,3)47-39(43)36(32-22-14-7-15-23-32)41-38(42)33-24-34(44-26-29-16-8-4-9-17-29)37(46-28-31-20-12-6-13-21-31)35(25-33)45-27-30-18-10-5-11-19-30/h4-25,36H,26-28H2,1-3H3,(H,41,42)/t36-/m0/s1. The van der Waals surface area contributed by atoms with Gasteiger partial charge < -0.3 is 24.3 Å². The third-order valence-electron chi connectivity index (χ3n) is 7.03. The molecule has 5 rings (SSSR count). The third-order valence-corrected chi connectivity index (χ3v) is 7.03. The summed E-state index contributed by atoms with van der Waals surface area (Å²) >= 11 is 0. The van der Waals surface area contributed by atoms with Crippen molar-refractivity contribution in [3.05, 3.63) is 161 Å². The van der Waals surface area contributed by atoms with Crippen molar-refractivity contribution in [2.24, 2.45) is 0 Å². The highest BCUT2D eigenvalue weighted by Crippen LogP contribution is 2.40. The van der Waals surface area contributed by atoms with Crippen molar-refractivity contribution in [1.82, 2.24) is 5.32 Å². The Bertz CT molecular complexity index is 1670. The summed E-state index contributed by atoms with van der Waals surface area (Å²) in [6.07, 6.45) is 0. The Kier molecular flexibility index (Phi) is 10.9. The van der Waals surface area contributed by atoms with Crippen molar-refractivity contribution in [3.63, 3.8) is 0 Å². The lowest BCUT2D eigenvalue weighted by Gasteiger charge is -2.25. The molecule has 0 aliphatic carbocycles. The largest absolute Gasteiger partial charge is 0.485 e. The Morgan fingerprint density at radius 3 is 1.43 bits per heavy atom. The van der Waals surface area contributed by atoms with Gasteiger partial charge in [-0.2, -0.15) is 0 Å². The number of carbonyl (C=O) groups is 2. The van der Waals surface area contributed by atoms with Gasteiger partial charge in [-0.05, 0) is 55.2 Å². The molecular weight excluding hydrogens is 590 g/mol. The van der Waals surface area contributed by atoms with Crippen LogP contribution < -0.4 is 19.5 Å². The summed E-state index contributed by atoms with van der Waals surface area (Å²) in [5.41, 5.74) is 2.92. The molecule has 0 saturated carbocycles. The number of amides is 1. The van der Waals surface area contributed by atoms with Gasteiger partial charge in [-0.25, -0.2) is 4.79 Å². The molecule has 7 heteroatoms. The number of carbonyl (C=O) groups excluding carboxylic acids is 2. The van der Waals surface area contributed by atoms with E-state index in [0.29, 0.717) is 22.8 Å². The number of ether oxygens (including phenoxy) is 4. The van der Waals surface area contributed by atoms with Crippen LogP contribution in [-0.4, -0.2) is 17.5 Å². The van der Waals surface area contributed by atoms with Crippen LogP contribution in [-0.2, 0) is 29.4 Å². The maximum atomic E-state index is 14.0. The molecule has 0 saturated heterocycles. The zero-order chi connectivity index (χ0) is 33.1. The minimum atomic E-state index is -1.04. The molecule has 5 aromatic carbocycles. The van der Waals surface area contributed by atoms with Gasteiger partial charge in [0, 0.05) is 5.56 Å². The number of rotatable bonds is 13. The number of benzene rings is 5. The first-order valence-electron chi connectivity index (χ1n) is 15.5. The number of esters is 1. The van der Waals surface area contributed by atoms with Gasteiger partial charge in [0.05, 0.1) is 0 Å². The van der Waals surface area contributed by atoms with Crippen LogP contribution in [0.25, 0.3) is 0 Å². The minimum Gasteiger partial charge on any atom is -0.485 e. The lowest BCUT2D eigenvalue weighted by atomic mass is 10.1. The second-order valence-corrected chi connectivity index (χ2v) is 12.0. The van der Waals surface area contributed by atoms with Crippen LogP contribution in [0.15, 0.2) is 133 Å². The van der Waals surface area contributed by atoms with Gasteiger partial charge >= 0.3 is 5.97 Å². The van der Waals surface area contributed by atoms with Crippen molar-refractivity contribution >= 4 is 11.9 Å². The summed E-state index contributed by atoms with van der Waals surface area (Å²) < 4.78 is 24.7. The van der Waals surface area contributed by atoms with E-state index in [1.807, 2.05) is 109 Å². The van der Waals surface area contributed by atoms with E-state index in [1.165, 1.54) is 0 Å². The maximum absolute atomic E-state index is 14.0. The Labute approximate surface area is 276 Å². The van der Waals surface area contributed by atoms with Gasteiger partial charge in [-0.1, -0.05) is 121 Å². The molecule has 0 spiro atoms. The van der Waals surface area contributed by atoms with E-state index in [-0.39, 0.29) is 25.4 Å². The zero-order valence-corrected chi connectivity index (χ0v) is 26.8. The Balaban J connectivity index is 1.52. The van der Waals surface area contributed by atoms with Gasteiger partial charge in [0.2, 0.25) is 5.75 Å². The summed E-state index contributed by atoms with van der Waals surface area (Å²) in [4.78, 5) is 27.3. The molecule has 0 heterocycles. The molecule has 47 heavy (non-hydrogen) atoms. The Morgan fingerprint density at radius 2 is 1.00 bits per heavy atom. The van der Waals surface area contributed by atoms with Crippen LogP contribution >= 0.6 is 0 Å². The number of hydrogen-bond donors (Lipinski definition) is 1. The van der Waals surface area contributed by atoms with Gasteiger partial charge in [0.25, 0.3) is 5.91 Å². The zero-order valence-electron chi connectivity index (χ0n) is 26.8. The molecule has 1 amide bonds. The molecule has 7 nitrogen and oxygen atoms in total. The van der Waals surface area contributed by atoms with E-state index >= 15 is 0 Å². The van der Waals surface area contributed by atoms with Crippen LogP contribution in [0.4, 0.5) is 0 Å².